The minimum absolute atomic E-state index is 0.220. The van der Waals surface area contributed by atoms with Crippen molar-refractivity contribution in [2.24, 2.45) is 0 Å². The lowest BCUT2D eigenvalue weighted by atomic mass is 10.2. The Morgan fingerprint density at radius 2 is 2.08 bits per heavy atom. The Kier molecular flexibility index (Phi) is 3.42. The lowest BCUT2D eigenvalue weighted by molar-refractivity contribution is 0.376. The van der Waals surface area contributed by atoms with Crippen molar-refractivity contribution in [3.05, 3.63) is 5.82 Å². The summed E-state index contributed by atoms with van der Waals surface area (Å²) in [5, 5.41) is 0. The number of hydrogen-bond acceptors (Lipinski definition) is 5. The van der Waals surface area contributed by atoms with Crippen molar-refractivity contribution in [2.45, 2.75) is 26.2 Å². The van der Waals surface area contributed by atoms with Crippen LogP contribution in [0, 0.1) is 0 Å². The van der Waals surface area contributed by atoms with Gasteiger partial charge in [-0.15, -0.1) is 0 Å². The monoisotopic (exact) mass is 182 g/mol. The zero-order valence-electron chi connectivity index (χ0n) is 7.95. The Labute approximate surface area is 77.4 Å². The van der Waals surface area contributed by atoms with E-state index < -0.39 is 0 Å². The molecule has 0 saturated heterocycles. The molecular formula is C8H14N4O. The Morgan fingerprint density at radius 3 is 2.69 bits per heavy atom. The summed E-state index contributed by atoms with van der Waals surface area (Å²) in [6.07, 6.45) is 2.97. The van der Waals surface area contributed by atoms with Crippen molar-refractivity contribution < 1.29 is 4.74 Å². The van der Waals surface area contributed by atoms with Crippen molar-refractivity contribution in [1.82, 2.24) is 15.0 Å². The van der Waals surface area contributed by atoms with Gasteiger partial charge in [0.05, 0.1) is 7.11 Å². The standard InChI is InChI=1S/C8H14N4O/c1-3-4-5-6-10-7(9)12-8(11-6)13-2/h3-5H2,1-2H3,(H2,9,10,11,12). The molecule has 13 heavy (non-hydrogen) atoms. The average molecular weight is 182 g/mol. The van der Waals surface area contributed by atoms with Crippen molar-refractivity contribution >= 4 is 5.95 Å². The Hall–Kier alpha value is -1.39. The second kappa shape index (κ2) is 4.59. The smallest absolute Gasteiger partial charge is 0.321 e. The zero-order chi connectivity index (χ0) is 9.68. The number of aromatic nitrogens is 3. The van der Waals surface area contributed by atoms with Crippen LogP contribution in [0.15, 0.2) is 0 Å². The van der Waals surface area contributed by atoms with E-state index in [4.69, 9.17) is 10.5 Å². The highest BCUT2D eigenvalue weighted by atomic mass is 16.5. The van der Waals surface area contributed by atoms with Gasteiger partial charge in [-0.3, -0.25) is 0 Å². The van der Waals surface area contributed by atoms with E-state index in [0.29, 0.717) is 11.8 Å². The van der Waals surface area contributed by atoms with E-state index >= 15 is 0 Å². The minimum Gasteiger partial charge on any atom is -0.467 e. The fourth-order valence-electron chi connectivity index (χ4n) is 0.954. The molecule has 1 aromatic heterocycles. The molecule has 0 bridgehead atoms. The van der Waals surface area contributed by atoms with E-state index in [2.05, 4.69) is 21.9 Å². The highest BCUT2D eigenvalue weighted by Crippen LogP contribution is 2.06. The molecule has 2 N–H and O–H groups in total. The highest BCUT2D eigenvalue weighted by molar-refractivity contribution is 5.18. The van der Waals surface area contributed by atoms with Crippen molar-refractivity contribution in [1.29, 1.82) is 0 Å². The lowest BCUT2D eigenvalue weighted by Crippen LogP contribution is -2.05. The first-order valence-corrected chi connectivity index (χ1v) is 4.30. The van der Waals surface area contributed by atoms with Crippen LogP contribution in [0.5, 0.6) is 6.01 Å². The molecule has 1 aromatic rings. The number of nitrogens with two attached hydrogens (primary N) is 1. The first kappa shape index (κ1) is 9.70. The van der Waals surface area contributed by atoms with Gasteiger partial charge in [-0.2, -0.15) is 15.0 Å². The number of nitrogen functional groups attached to an aromatic ring is 1. The minimum atomic E-state index is 0.220. The van der Waals surface area contributed by atoms with Gasteiger partial charge >= 0.3 is 6.01 Å². The summed E-state index contributed by atoms with van der Waals surface area (Å²) in [6, 6.07) is 0.290. The van der Waals surface area contributed by atoms with E-state index in [9.17, 15) is 0 Å². The van der Waals surface area contributed by atoms with Crippen molar-refractivity contribution in [2.75, 3.05) is 12.8 Å². The third-order valence-corrected chi connectivity index (χ3v) is 1.62. The highest BCUT2D eigenvalue weighted by Gasteiger charge is 2.02. The molecule has 0 aromatic carbocycles. The van der Waals surface area contributed by atoms with Crippen LogP contribution in [0.4, 0.5) is 5.95 Å². The van der Waals surface area contributed by atoms with Crippen LogP contribution in [0.3, 0.4) is 0 Å². The fraction of sp³-hybridized carbons (Fsp3) is 0.625. The number of aryl methyl sites for hydroxylation is 1. The molecule has 1 heterocycles. The molecular weight excluding hydrogens is 168 g/mol. The summed E-state index contributed by atoms with van der Waals surface area (Å²) in [5.74, 6) is 0.921. The summed E-state index contributed by atoms with van der Waals surface area (Å²) >= 11 is 0. The number of hydrogen-bond donors (Lipinski definition) is 1. The van der Waals surface area contributed by atoms with Gasteiger partial charge in [0, 0.05) is 6.42 Å². The first-order valence-electron chi connectivity index (χ1n) is 4.30. The van der Waals surface area contributed by atoms with E-state index in [1.807, 2.05) is 0 Å². The number of unbranched alkanes of at least 4 members (excludes halogenated alkanes) is 1. The molecule has 0 spiro atoms. The number of nitrogens with zero attached hydrogens (tertiary/aromatic N) is 3. The van der Waals surface area contributed by atoms with E-state index in [0.717, 1.165) is 19.3 Å². The second-order valence-corrected chi connectivity index (χ2v) is 2.70. The van der Waals surface area contributed by atoms with E-state index in [1.165, 1.54) is 7.11 Å². The largest absolute Gasteiger partial charge is 0.467 e. The maximum atomic E-state index is 5.46. The first-order chi connectivity index (χ1) is 6.26. The van der Waals surface area contributed by atoms with Gasteiger partial charge in [0.1, 0.15) is 5.82 Å². The van der Waals surface area contributed by atoms with Gasteiger partial charge in [-0.05, 0) is 6.42 Å². The fourth-order valence-corrected chi connectivity index (χ4v) is 0.954. The Bertz CT molecular complexity index is 277. The van der Waals surface area contributed by atoms with Gasteiger partial charge in [0.25, 0.3) is 0 Å². The SMILES string of the molecule is CCCCc1nc(N)nc(OC)n1. The van der Waals surface area contributed by atoms with Crippen molar-refractivity contribution in [3.63, 3.8) is 0 Å². The van der Waals surface area contributed by atoms with Gasteiger partial charge < -0.3 is 10.5 Å². The average Bonchev–Trinajstić information content (AvgIpc) is 2.14. The van der Waals surface area contributed by atoms with Crippen LogP contribution in [-0.4, -0.2) is 22.1 Å². The number of rotatable bonds is 4. The molecule has 0 saturated carbocycles. The third-order valence-electron chi connectivity index (χ3n) is 1.62. The molecule has 0 unspecified atom stereocenters. The number of anilines is 1. The topological polar surface area (TPSA) is 73.9 Å². The number of ether oxygens (including phenoxy) is 1. The lowest BCUT2D eigenvalue weighted by Gasteiger charge is -2.02. The molecule has 5 heteroatoms. The Morgan fingerprint density at radius 1 is 1.31 bits per heavy atom. The zero-order valence-corrected chi connectivity index (χ0v) is 7.95. The van der Waals surface area contributed by atoms with Gasteiger partial charge in [-0.1, -0.05) is 13.3 Å². The summed E-state index contributed by atoms with van der Waals surface area (Å²) in [6.45, 7) is 2.11. The summed E-state index contributed by atoms with van der Waals surface area (Å²) in [5.41, 5.74) is 5.46. The predicted molar refractivity (Wildman–Crippen MR) is 49.4 cm³/mol. The van der Waals surface area contributed by atoms with E-state index in [1.54, 1.807) is 0 Å². The van der Waals surface area contributed by atoms with Gasteiger partial charge in [0.15, 0.2) is 0 Å². The van der Waals surface area contributed by atoms with E-state index in [-0.39, 0.29) is 5.95 Å². The molecule has 72 valence electrons. The molecule has 0 amide bonds. The molecule has 0 aliphatic heterocycles. The normalized spacial score (nSPS) is 10.0. The van der Waals surface area contributed by atoms with Crippen molar-refractivity contribution in [3.8, 4) is 6.01 Å². The molecule has 0 aliphatic rings. The van der Waals surface area contributed by atoms with Crippen LogP contribution in [0.25, 0.3) is 0 Å². The summed E-state index contributed by atoms with van der Waals surface area (Å²) in [7, 11) is 1.51. The van der Waals surface area contributed by atoms with Gasteiger partial charge in [0.2, 0.25) is 5.95 Å². The molecule has 0 aliphatic carbocycles. The quantitative estimate of drug-likeness (QED) is 0.745. The molecule has 0 fully saturated rings. The molecule has 1 rings (SSSR count). The third kappa shape index (κ3) is 2.85. The molecule has 0 radical (unpaired) electrons. The maximum absolute atomic E-state index is 5.46. The maximum Gasteiger partial charge on any atom is 0.321 e. The van der Waals surface area contributed by atoms with Crippen LogP contribution < -0.4 is 10.5 Å². The summed E-state index contributed by atoms with van der Waals surface area (Å²) < 4.78 is 4.87. The van der Waals surface area contributed by atoms with Crippen LogP contribution >= 0.6 is 0 Å². The van der Waals surface area contributed by atoms with Gasteiger partial charge in [-0.25, -0.2) is 0 Å². The van der Waals surface area contributed by atoms with Crippen LogP contribution in [-0.2, 0) is 6.42 Å². The summed E-state index contributed by atoms with van der Waals surface area (Å²) in [4.78, 5) is 11.9. The Balaban J connectivity index is 2.76. The van der Waals surface area contributed by atoms with Crippen LogP contribution in [0.1, 0.15) is 25.6 Å². The molecule has 5 nitrogen and oxygen atoms in total. The molecule has 0 atom stereocenters. The predicted octanol–water partition coefficient (Wildman–Crippen LogP) is 0.805. The number of methoxy groups -OCH3 is 1. The second-order valence-electron chi connectivity index (χ2n) is 2.70. The van der Waals surface area contributed by atoms with Crippen LogP contribution in [0.2, 0.25) is 0 Å².